The van der Waals surface area contributed by atoms with Crippen LogP contribution in [0, 0.1) is 27.7 Å². The number of carbonyl (C=O) groups is 2. The summed E-state index contributed by atoms with van der Waals surface area (Å²) in [4.78, 5) is 22.7. The summed E-state index contributed by atoms with van der Waals surface area (Å²) in [7, 11) is 0. The highest BCUT2D eigenvalue weighted by atomic mass is 16.4. The summed E-state index contributed by atoms with van der Waals surface area (Å²) in [6.45, 7) is 6.99. The van der Waals surface area contributed by atoms with Gasteiger partial charge < -0.3 is 10.2 Å². The van der Waals surface area contributed by atoms with Crippen LogP contribution < -0.4 is 0 Å². The molecule has 104 valence electrons. The van der Waals surface area contributed by atoms with E-state index in [0.29, 0.717) is 33.4 Å². The van der Waals surface area contributed by atoms with Crippen LogP contribution in [-0.2, 0) is 0 Å². The van der Waals surface area contributed by atoms with Crippen molar-refractivity contribution in [2.75, 3.05) is 0 Å². The smallest absolute Gasteiger partial charge is 0.336 e. The lowest BCUT2D eigenvalue weighted by Crippen LogP contribution is -2.07. The van der Waals surface area contributed by atoms with Crippen LogP contribution in [0.3, 0.4) is 0 Å². The minimum Gasteiger partial charge on any atom is -0.478 e. The highest BCUT2D eigenvalue weighted by Gasteiger charge is 2.19. The molecule has 0 aliphatic rings. The maximum absolute atomic E-state index is 11.3. The van der Waals surface area contributed by atoms with Gasteiger partial charge in [0.1, 0.15) is 0 Å². The number of aryl methyl sites for hydroxylation is 4. The standard InChI is InChI=1S/C16H16O4/c1-7-5-11-10(4)14(16(19)20)8(2)6-12(11)9(3)13(7)15(17)18/h5-6H,1-4H3,(H,17,18)(H,19,20). The lowest BCUT2D eigenvalue weighted by atomic mass is 9.89. The second kappa shape index (κ2) is 4.63. The summed E-state index contributed by atoms with van der Waals surface area (Å²) in [6, 6.07) is 3.51. The summed E-state index contributed by atoms with van der Waals surface area (Å²) in [6.07, 6.45) is 0. The minimum atomic E-state index is -0.959. The van der Waals surface area contributed by atoms with E-state index in [1.165, 1.54) is 0 Å². The van der Waals surface area contributed by atoms with Crippen LogP contribution in [-0.4, -0.2) is 22.2 Å². The molecule has 0 aromatic heterocycles. The van der Waals surface area contributed by atoms with Crippen molar-refractivity contribution in [3.05, 3.63) is 45.5 Å². The molecule has 0 aliphatic carbocycles. The molecule has 0 radical (unpaired) electrons. The zero-order chi connectivity index (χ0) is 15.2. The highest BCUT2D eigenvalue weighted by molar-refractivity contribution is 6.04. The van der Waals surface area contributed by atoms with Crippen molar-refractivity contribution in [2.45, 2.75) is 27.7 Å². The van der Waals surface area contributed by atoms with Crippen molar-refractivity contribution in [1.29, 1.82) is 0 Å². The zero-order valence-electron chi connectivity index (χ0n) is 11.9. The third-order valence-corrected chi connectivity index (χ3v) is 3.79. The van der Waals surface area contributed by atoms with Gasteiger partial charge in [-0.05, 0) is 60.7 Å². The van der Waals surface area contributed by atoms with E-state index in [2.05, 4.69) is 0 Å². The Balaban J connectivity index is 3.00. The minimum absolute atomic E-state index is 0.291. The molecule has 0 unspecified atom stereocenters. The van der Waals surface area contributed by atoms with Crippen LogP contribution in [0.15, 0.2) is 12.1 Å². The van der Waals surface area contributed by atoms with Gasteiger partial charge in [0, 0.05) is 0 Å². The molecule has 20 heavy (non-hydrogen) atoms. The average Bonchev–Trinajstić information content (AvgIpc) is 2.30. The van der Waals surface area contributed by atoms with E-state index in [9.17, 15) is 19.8 Å². The first-order valence-electron chi connectivity index (χ1n) is 6.26. The maximum Gasteiger partial charge on any atom is 0.336 e. The SMILES string of the molecule is Cc1cc2c(C)c(C(=O)O)c(C)cc2c(C)c1C(=O)O. The maximum atomic E-state index is 11.3. The molecule has 0 spiro atoms. The molecule has 0 fully saturated rings. The second-order valence-electron chi connectivity index (χ2n) is 5.09. The number of hydrogen-bond acceptors (Lipinski definition) is 2. The quantitative estimate of drug-likeness (QED) is 0.877. The van der Waals surface area contributed by atoms with Crippen molar-refractivity contribution < 1.29 is 19.8 Å². The van der Waals surface area contributed by atoms with E-state index < -0.39 is 11.9 Å². The van der Waals surface area contributed by atoms with E-state index in [-0.39, 0.29) is 0 Å². The molecule has 0 atom stereocenters. The first-order chi connectivity index (χ1) is 9.25. The predicted molar refractivity (Wildman–Crippen MR) is 76.8 cm³/mol. The van der Waals surface area contributed by atoms with Crippen molar-refractivity contribution >= 4 is 22.7 Å². The molecule has 2 N–H and O–H groups in total. The van der Waals surface area contributed by atoms with Crippen LogP contribution in [0.4, 0.5) is 0 Å². The van der Waals surface area contributed by atoms with Gasteiger partial charge in [-0.2, -0.15) is 0 Å². The molecule has 0 amide bonds. The van der Waals surface area contributed by atoms with Gasteiger partial charge in [0.25, 0.3) is 0 Å². The van der Waals surface area contributed by atoms with Crippen LogP contribution in [0.1, 0.15) is 43.0 Å². The number of carboxylic acid groups (broad SMARTS) is 2. The fourth-order valence-electron chi connectivity index (χ4n) is 2.87. The number of carboxylic acids is 2. The van der Waals surface area contributed by atoms with Crippen molar-refractivity contribution in [3.8, 4) is 0 Å². The molecule has 0 saturated carbocycles. The molecule has 2 aromatic rings. The van der Waals surface area contributed by atoms with E-state index in [0.717, 1.165) is 10.8 Å². The number of fused-ring (bicyclic) bond motifs is 1. The Morgan fingerprint density at radius 2 is 1.05 bits per heavy atom. The van der Waals surface area contributed by atoms with Crippen LogP contribution in [0.5, 0.6) is 0 Å². The third kappa shape index (κ3) is 1.93. The van der Waals surface area contributed by atoms with Crippen LogP contribution in [0.25, 0.3) is 10.8 Å². The molecule has 4 nitrogen and oxygen atoms in total. The molecule has 0 bridgehead atoms. The van der Waals surface area contributed by atoms with E-state index in [1.807, 2.05) is 0 Å². The molecule has 0 aliphatic heterocycles. The molecule has 2 rings (SSSR count). The molecular formula is C16H16O4. The van der Waals surface area contributed by atoms with E-state index in [1.54, 1.807) is 39.8 Å². The number of hydrogen-bond donors (Lipinski definition) is 2. The van der Waals surface area contributed by atoms with Gasteiger partial charge in [0.2, 0.25) is 0 Å². The van der Waals surface area contributed by atoms with Crippen molar-refractivity contribution in [3.63, 3.8) is 0 Å². The molecule has 4 heteroatoms. The fourth-order valence-corrected chi connectivity index (χ4v) is 2.87. The fraction of sp³-hybridized carbons (Fsp3) is 0.250. The van der Waals surface area contributed by atoms with Gasteiger partial charge in [-0.15, -0.1) is 0 Å². The number of rotatable bonds is 2. The van der Waals surface area contributed by atoms with E-state index >= 15 is 0 Å². The second-order valence-corrected chi connectivity index (χ2v) is 5.09. The molecule has 2 aromatic carbocycles. The first-order valence-corrected chi connectivity index (χ1v) is 6.26. The molecule has 0 heterocycles. The van der Waals surface area contributed by atoms with Gasteiger partial charge in [0.05, 0.1) is 11.1 Å². The van der Waals surface area contributed by atoms with Gasteiger partial charge >= 0.3 is 11.9 Å². The Kier molecular flexibility index (Phi) is 3.26. The van der Waals surface area contributed by atoms with Crippen LogP contribution >= 0.6 is 0 Å². The van der Waals surface area contributed by atoms with Gasteiger partial charge in [-0.3, -0.25) is 0 Å². The van der Waals surface area contributed by atoms with Gasteiger partial charge in [-0.1, -0.05) is 12.1 Å². The largest absolute Gasteiger partial charge is 0.478 e. The topological polar surface area (TPSA) is 74.6 Å². The van der Waals surface area contributed by atoms with Crippen LogP contribution in [0.2, 0.25) is 0 Å². The summed E-state index contributed by atoms with van der Waals surface area (Å²) in [5.41, 5.74) is 3.22. The summed E-state index contributed by atoms with van der Waals surface area (Å²) >= 11 is 0. The van der Waals surface area contributed by atoms with Crippen molar-refractivity contribution in [1.82, 2.24) is 0 Å². The first kappa shape index (κ1) is 14.1. The average molecular weight is 272 g/mol. The predicted octanol–water partition coefficient (Wildman–Crippen LogP) is 3.47. The van der Waals surface area contributed by atoms with Gasteiger partial charge in [0.15, 0.2) is 0 Å². The summed E-state index contributed by atoms with van der Waals surface area (Å²) in [5, 5.41) is 20.2. The summed E-state index contributed by atoms with van der Waals surface area (Å²) < 4.78 is 0. The monoisotopic (exact) mass is 272 g/mol. The Labute approximate surface area is 116 Å². The lowest BCUT2D eigenvalue weighted by Gasteiger charge is -2.15. The lowest BCUT2D eigenvalue weighted by molar-refractivity contribution is 0.0684. The molecular weight excluding hydrogens is 256 g/mol. The Morgan fingerprint density at radius 3 is 1.30 bits per heavy atom. The van der Waals surface area contributed by atoms with E-state index in [4.69, 9.17) is 0 Å². The Bertz CT molecular complexity index is 692. The normalized spacial score (nSPS) is 10.8. The van der Waals surface area contributed by atoms with Crippen molar-refractivity contribution in [2.24, 2.45) is 0 Å². The molecule has 0 saturated heterocycles. The Hall–Kier alpha value is -2.36. The highest BCUT2D eigenvalue weighted by Crippen LogP contribution is 2.31. The third-order valence-electron chi connectivity index (χ3n) is 3.79. The summed E-state index contributed by atoms with van der Waals surface area (Å²) in [5.74, 6) is -1.92. The Morgan fingerprint density at radius 1 is 0.750 bits per heavy atom. The number of benzene rings is 2. The zero-order valence-corrected chi connectivity index (χ0v) is 11.9. The van der Waals surface area contributed by atoms with Gasteiger partial charge in [-0.25, -0.2) is 9.59 Å². The number of aromatic carboxylic acids is 2.